The van der Waals surface area contributed by atoms with Gasteiger partial charge in [0.1, 0.15) is 12.0 Å². The minimum absolute atomic E-state index is 0.297. The first-order valence-corrected chi connectivity index (χ1v) is 5.28. The molecule has 88 valence electrons. The molecule has 0 aliphatic carbocycles. The second kappa shape index (κ2) is 6.12. The van der Waals surface area contributed by atoms with Gasteiger partial charge in [-0.15, -0.1) is 0 Å². The van der Waals surface area contributed by atoms with Crippen LogP contribution in [0.4, 0.5) is 0 Å². The summed E-state index contributed by atoms with van der Waals surface area (Å²) in [7, 11) is 1.35. The van der Waals surface area contributed by atoms with Crippen LogP contribution in [-0.4, -0.2) is 19.3 Å². The molecule has 4 heteroatoms. The van der Waals surface area contributed by atoms with Crippen molar-refractivity contribution < 1.29 is 14.3 Å². The standard InChI is InChI=1S/C12H17NO3/c1-3-4-11(13)16-10-7-5-9(6-8-10)12(14)15-2/h5-8,11H,3-4,13H2,1-2H3. The molecule has 0 bridgehead atoms. The molecule has 1 aromatic rings. The minimum Gasteiger partial charge on any atom is -0.476 e. The normalized spacial score (nSPS) is 11.9. The summed E-state index contributed by atoms with van der Waals surface area (Å²) in [5.74, 6) is 0.304. The zero-order valence-corrected chi connectivity index (χ0v) is 9.60. The lowest BCUT2D eigenvalue weighted by molar-refractivity contribution is 0.0600. The van der Waals surface area contributed by atoms with Crippen LogP contribution in [0.25, 0.3) is 0 Å². The Kier molecular flexibility index (Phi) is 4.79. The summed E-state index contributed by atoms with van der Waals surface area (Å²) >= 11 is 0. The van der Waals surface area contributed by atoms with Crippen molar-refractivity contribution >= 4 is 5.97 Å². The Morgan fingerprint density at radius 2 is 2.00 bits per heavy atom. The van der Waals surface area contributed by atoms with E-state index in [4.69, 9.17) is 10.5 Å². The van der Waals surface area contributed by atoms with Gasteiger partial charge in [-0.25, -0.2) is 4.79 Å². The Labute approximate surface area is 95.3 Å². The maximum Gasteiger partial charge on any atom is 0.337 e. The summed E-state index contributed by atoms with van der Waals surface area (Å²) in [6.07, 6.45) is 1.48. The molecule has 0 heterocycles. The van der Waals surface area contributed by atoms with Gasteiger partial charge in [0.25, 0.3) is 0 Å². The lowest BCUT2D eigenvalue weighted by Crippen LogP contribution is -2.26. The van der Waals surface area contributed by atoms with Crippen LogP contribution in [0, 0.1) is 0 Å². The van der Waals surface area contributed by atoms with E-state index in [1.165, 1.54) is 7.11 Å². The first kappa shape index (κ1) is 12.5. The summed E-state index contributed by atoms with van der Waals surface area (Å²) in [6.45, 7) is 2.05. The number of methoxy groups -OCH3 is 1. The summed E-state index contributed by atoms with van der Waals surface area (Å²) in [5.41, 5.74) is 6.23. The number of carbonyl (C=O) groups excluding carboxylic acids is 1. The second-order valence-electron chi connectivity index (χ2n) is 3.46. The monoisotopic (exact) mass is 223 g/mol. The zero-order chi connectivity index (χ0) is 12.0. The molecule has 16 heavy (non-hydrogen) atoms. The molecule has 4 nitrogen and oxygen atoms in total. The van der Waals surface area contributed by atoms with E-state index in [-0.39, 0.29) is 12.2 Å². The van der Waals surface area contributed by atoms with E-state index in [9.17, 15) is 4.79 Å². The molecule has 0 fully saturated rings. The molecule has 2 N–H and O–H groups in total. The Hall–Kier alpha value is -1.55. The van der Waals surface area contributed by atoms with Crippen LogP contribution in [-0.2, 0) is 4.74 Å². The Balaban J connectivity index is 2.61. The average molecular weight is 223 g/mol. The third-order valence-corrected chi connectivity index (χ3v) is 2.14. The van der Waals surface area contributed by atoms with Gasteiger partial charge in [0.05, 0.1) is 12.7 Å². The summed E-state index contributed by atoms with van der Waals surface area (Å²) in [5, 5.41) is 0. The van der Waals surface area contributed by atoms with E-state index in [2.05, 4.69) is 4.74 Å². The molecular formula is C12H17NO3. The number of hydrogen-bond donors (Lipinski definition) is 1. The Morgan fingerprint density at radius 3 is 2.50 bits per heavy atom. The Bertz CT molecular complexity index is 335. The molecule has 1 atom stereocenters. The first-order valence-electron chi connectivity index (χ1n) is 5.28. The van der Waals surface area contributed by atoms with Crippen molar-refractivity contribution in [3.63, 3.8) is 0 Å². The van der Waals surface area contributed by atoms with Crippen molar-refractivity contribution in [1.29, 1.82) is 0 Å². The van der Waals surface area contributed by atoms with Crippen molar-refractivity contribution in [2.45, 2.75) is 26.0 Å². The number of esters is 1. The topological polar surface area (TPSA) is 61.5 Å². The molecule has 0 aromatic heterocycles. The molecule has 0 aliphatic rings. The molecule has 0 aliphatic heterocycles. The lowest BCUT2D eigenvalue weighted by Gasteiger charge is -2.13. The molecule has 0 saturated carbocycles. The molecule has 1 unspecified atom stereocenters. The number of benzene rings is 1. The van der Waals surface area contributed by atoms with E-state index in [1.54, 1.807) is 24.3 Å². The van der Waals surface area contributed by atoms with Gasteiger partial charge >= 0.3 is 5.97 Å². The number of nitrogens with two attached hydrogens (primary N) is 1. The molecule has 0 radical (unpaired) electrons. The van der Waals surface area contributed by atoms with Crippen LogP contribution in [0.15, 0.2) is 24.3 Å². The highest BCUT2D eigenvalue weighted by Gasteiger charge is 2.06. The number of ether oxygens (including phenoxy) is 2. The third-order valence-electron chi connectivity index (χ3n) is 2.14. The second-order valence-corrected chi connectivity index (χ2v) is 3.46. The quantitative estimate of drug-likeness (QED) is 0.612. The highest BCUT2D eigenvalue weighted by Crippen LogP contribution is 2.14. The fourth-order valence-electron chi connectivity index (χ4n) is 1.31. The number of rotatable bonds is 5. The van der Waals surface area contributed by atoms with E-state index >= 15 is 0 Å². The van der Waals surface area contributed by atoms with Crippen LogP contribution in [0.1, 0.15) is 30.1 Å². The smallest absolute Gasteiger partial charge is 0.337 e. The highest BCUT2D eigenvalue weighted by molar-refractivity contribution is 5.89. The van der Waals surface area contributed by atoms with E-state index in [0.29, 0.717) is 11.3 Å². The summed E-state index contributed by atoms with van der Waals surface area (Å²) < 4.78 is 10.0. The molecule has 0 spiro atoms. The van der Waals surface area contributed by atoms with Gasteiger partial charge < -0.3 is 9.47 Å². The maximum atomic E-state index is 11.2. The fourth-order valence-corrected chi connectivity index (χ4v) is 1.31. The van der Waals surface area contributed by atoms with Gasteiger partial charge in [0.2, 0.25) is 0 Å². The number of carbonyl (C=O) groups is 1. The van der Waals surface area contributed by atoms with Gasteiger partial charge in [-0.1, -0.05) is 13.3 Å². The van der Waals surface area contributed by atoms with Crippen molar-refractivity contribution in [3.05, 3.63) is 29.8 Å². The maximum absolute atomic E-state index is 11.2. The minimum atomic E-state index is -0.357. The predicted octanol–water partition coefficient (Wildman–Crippen LogP) is 1.94. The molecule has 1 aromatic carbocycles. The van der Waals surface area contributed by atoms with Gasteiger partial charge in [-0.3, -0.25) is 5.73 Å². The van der Waals surface area contributed by atoms with Crippen LogP contribution < -0.4 is 10.5 Å². The SMILES string of the molecule is CCCC(N)Oc1ccc(C(=O)OC)cc1. The fraction of sp³-hybridized carbons (Fsp3) is 0.417. The van der Waals surface area contributed by atoms with Crippen molar-refractivity contribution in [2.24, 2.45) is 5.73 Å². The summed E-state index contributed by atoms with van der Waals surface area (Å²) in [6, 6.07) is 6.73. The zero-order valence-electron chi connectivity index (χ0n) is 9.60. The van der Waals surface area contributed by atoms with Crippen LogP contribution in [0.5, 0.6) is 5.75 Å². The van der Waals surface area contributed by atoms with Gasteiger partial charge in [0, 0.05) is 0 Å². The highest BCUT2D eigenvalue weighted by atomic mass is 16.5. The lowest BCUT2D eigenvalue weighted by atomic mass is 10.2. The molecule has 1 rings (SSSR count). The van der Waals surface area contributed by atoms with Crippen LogP contribution in [0.2, 0.25) is 0 Å². The van der Waals surface area contributed by atoms with Crippen molar-refractivity contribution in [2.75, 3.05) is 7.11 Å². The third kappa shape index (κ3) is 3.55. The molecule has 0 amide bonds. The molecular weight excluding hydrogens is 206 g/mol. The van der Waals surface area contributed by atoms with Gasteiger partial charge in [0.15, 0.2) is 0 Å². The van der Waals surface area contributed by atoms with Crippen LogP contribution in [0.3, 0.4) is 0 Å². The predicted molar refractivity (Wildman–Crippen MR) is 61.3 cm³/mol. The molecule has 0 saturated heterocycles. The number of hydrogen-bond acceptors (Lipinski definition) is 4. The largest absolute Gasteiger partial charge is 0.476 e. The van der Waals surface area contributed by atoms with Crippen molar-refractivity contribution in [1.82, 2.24) is 0 Å². The summed E-state index contributed by atoms with van der Waals surface area (Å²) in [4.78, 5) is 11.2. The van der Waals surface area contributed by atoms with Gasteiger partial charge in [-0.05, 0) is 30.7 Å². The first-order chi connectivity index (χ1) is 7.67. The average Bonchev–Trinajstić information content (AvgIpc) is 2.29. The van der Waals surface area contributed by atoms with Crippen molar-refractivity contribution in [3.8, 4) is 5.75 Å². The van der Waals surface area contributed by atoms with E-state index in [0.717, 1.165) is 12.8 Å². The van der Waals surface area contributed by atoms with E-state index in [1.807, 2.05) is 6.92 Å². The van der Waals surface area contributed by atoms with E-state index < -0.39 is 0 Å². The Morgan fingerprint density at radius 1 is 1.38 bits per heavy atom. The van der Waals surface area contributed by atoms with Gasteiger partial charge in [-0.2, -0.15) is 0 Å². The van der Waals surface area contributed by atoms with Crippen LogP contribution >= 0.6 is 0 Å².